The van der Waals surface area contributed by atoms with Gasteiger partial charge >= 0.3 is 0 Å². The van der Waals surface area contributed by atoms with E-state index in [1.54, 1.807) is 32.5 Å². The van der Waals surface area contributed by atoms with Crippen molar-refractivity contribution in [1.82, 2.24) is 4.98 Å². The van der Waals surface area contributed by atoms with Crippen LogP contribution in [-0.4, -0.2) is 25.1 Å². The van der Waals surface area contributed by atoms with Crippen molar-refractivity contribution in [3.05, 3.63) is 72.4 Å². The number of methoxy groups -OCH3 is 2. The molecule has 6 nitrogen and oxygen atoms in total. The number of rotatable bonds is 7. The first-order chi connectivity index (χ1) is 13.2. The molecular formula is C21H21N3O3. The molecule has 138 valence electrons. The summed E-state index contributed by atoms with van der Waals surface area (Å²) in [7, 11) is 3.21. The van der Waals surface area contributed by atoms with E-state index in [0.29, 0.717) is 23.7 Å². The van der Waals surface area contributed by atoms with Gasteiger partial charge in [0.15, 0.2) is 0 Å². The fourth-order valence-electron chi connectivity index (χ4n) is 2.57. The summed E-state index contributed by atoms with van der Waals surface area (Å²) >= 11 is 0. The predicted molar refractivity (Wildman–Crippen MR) is 106 cm³/mol. The van der Waals surface area contributed by atoms with Crippen LogP contribution in [0.5, 0.6) is 11.5 Å². The number of hydrogen-bond acceptors (Lipinski definition) is 5. The van der Waals surface area contributed by atoms with Crippen LogP contribution in [0.15, 0.2) is 66.9 Å². The summed E-state index contributed by atoms with van der Waals surface area (Å²) in [6.07, 6.45) is 1.97. The maximum absolute atomic E-state index is 12.1. The summed E-state index contributed by atoms with van der Waals surface area (Å²) in [5, 5.41) is 6.04. The molecule has 0 aliphatic carbocycles. The minimum Gasteiger partial charge on any atom is -0.497 e. The third-order valence-electron chi connectivity index (χ3n) is 3.93. The number of carbonyl (C=O) groups is 1. The van der Waals surface area contributed by atoms with Gasteiger partial charge in [0.25, 0.3) is 0 Å². The Morgan fingerprint density at radius 1 is 1.00 bits per heavy atom. The smallest absolute Gasteiger partial charge is 0.229 e. The largest absolute Gasteiger partial charge is 0.497 e. The van der Waals surface area contributed by atoms with Crippen molar-refractivity contribution in [3.63, 3.8) is 0 Å². The molecule has 0 spiro atoms. The number of ether oxygens (including phenoxy) is 2. The fraction of sp³-hybridized carbons (Fsp3) is 0.143. The molecule has 3 aromatic rings. The minimum absolute atomic E-state index is 0.105. The predicted octanol–water partition coefficient (Wildman–Crippen LogP) is 4.02. The van der Waals surface area contributed by atoms with E-state index in [-0.39, 0.29) is 5.91 Å². The summed E-state index contributed by atoms with van der Waals surface area (Å²) in [5.74, 6) is 1.77. The molecular weight excluding hydrogens is 342 g/mol. The molecule has 0 aliphatic heterocycles. The number of aromatic nitrogens is 1. The fourth-order valence-corrected chi connectivity index (χ4v) is 2.57. The third kappa shape index (κ3) is 4.98. The SMILES string of the molecule is COc1ccc(Nc2ccc(NC(=O)Cc3ccccc3)nc2)c(OC)c1. The van der Waals surface area contributed by atoms with E-state index in [0.717, 1.165) is 16.9 Å². The molecule has 1 aromatic heterocycles. The van der Waals surface area contributed by atoms with Crippen molar-refractivity contribution < 1.29 is 14.3 Å². The first-order valence-electron chi connectivity index (χ1n) is 8.47. The summed E-state index contributed by atoms with van der Waals surface area (Å²) < 4.78 is 10.6. The second kappa shape index (κ2) is 8.71. The first kappa shape index (κ1) is 18.3. The highest BCUT2D eigenvalue weighted by atomic mass is 16.5. The number of anilines is 3. The average Bonchev–Trinajstić information content (AvgIpc) is 2.70. The summed E-state index contributed by atoms with van der Waals surface area (Å²) in [5.41, 5.74) is 2.53. The van der Waals surface area contributed by atoms with Gasteiger partial charge in [0.05, 0.1) is 38.2 Å². The van der Waals surface area contributed by atoms with E-state index < -0.39 is 0 Å². The molecule has 0 saturated carbocycles. The maximum Gasteiger partial charge on any atom is 0.229 e. The van der Waals surface area contributed by atoms with Crippen molar-refractivity contribution in [1.29, 1.82) is 0 Å². The molecule has 6 heteroatoms. The van der Waals surface area contributed by atoms with Crippen LogP contribution in [0.25, 0.3) is 0 Å². The first-order valence-corrected chi connectivity index (χ1v) is 8.47. The van der Waals surface area contributed by atoms with Crippen molar-refractivity contribution in [2.45, 2.75) is 6.42 Å². The summed E-state index contributed by atoms with van der Waals surface area (Å²) in [6, 6.07) is 18.7. The van der Waals surface area contributed by atoms with Gasteiger partial charge in [-0.3, -0.25) is 4.79 Å². The molecule has 27 heavy (non-hydrogen) atoms. The van der Waals surface area contributed by atoms with Gasteiger partial charge in [-0.25, -0.2) is 4.98 Å². The number of nitrogens with one attached hydrogen (secondary N) is 2. The van der Waals surface area contributed by atoms with Crippen LogP contribution in [0, 0.1) is 0 Å². The molecule has 0 saturated heterocycles. The zero-order valence-corrected chi connectivity index (χ0v) is 15.2. The van der Waals surface area contributed by atoms with Gasteiger partial charge in [-0.1, -0.05) is 30.3 Å². The average molecular weight is 363 g/mol. The topological polar surface area (TPSA) is 72.5 Å². The number of hydrogen-bond donors (Lipinski definition) is 2. The highest BCUT2D eigenvalue weighted by Gasteiger charge is 2.07. The van der Waals surface area contributed by atoms with Gasteiger partial charge < -0.3 is 20.1 Å². The molecule has 2 N–H and O–H groups in total. The van der Waals surface area contributed by atoms with Gasteiger partial charge in [-0.05, 0) is 29.8 Å². The second-order valence-corrected chi connectivity index (χ2v) is 5.83. The molecule has 0 atom stereocenters. The Bertz CT molecular complexity index is 896. The molecule has 0 unspecified atom stereocenters. The molecule has 0 radical (unpaired) electrons. The Labute approximate surface area is 158 Å². The van der Waals surface area contributed by atoms with E-state index in [9.17, 15) is 4.79 Å². The number of carbonyl (C=O) groups excluding carboxylic acids is 1. The lowest BCUT2D eigenvalue weighted by molar-refractivity contribution is -0.115. The van der Waals surface area contributed by atoms with Crippen LogP contribution in [-0.2, 0) is 11.2 Å². The number of amides is 1. The molecule has 2 aromatic carbocycles. The van der Waals surface area contributed by atoms with Crippen molar-refractivity contribution in [3.8, 4) is 11.5 Å². The zero-order valence-electron chi connectivity index (χ0n) is 15.2. The molecule has 1 amide bonds. The number of nitrogens with zero attached hydrogens (tertiary/aromatic N) is 1. The normalized spacial score (nSPS) is 10.1. The molecule has 0 fully saturated rings. The van der Waals surface area contributed by atoms with Gasteiger partial charge in [-0.2, -0.15) is 0 Å². The van der Waals surface area contributed by atoms with Crippen molar-refractivity contribution in [2.75, 3.05) is 24.9 Å². The van der Waals surface area contributed by atoms with Crippen LogP contribution >= 0.6 is 0 Å². The maximum atomic E-state index is 12.1. The van der Waals surface area contributed by atoms with Gasteiger partial charge in [0.2, 0.25) is 5.91 Å². The van der Waals surface area contributed by atoms with E-state index >= 15 is 0 Å². The Morgan fingerprint density at radius 3 is 2.48 bits per heavy atom. The van der Waals surface area contributed by atoms with E-state index in [1.165, 1.54) is 0 Å². The van der Waals surface area contributed by atoms with Crippen LogP contribution in [0.3, 0.4) is 0 Å². The van der Waals surface area contributed by atoms with Gasteiger partial charge in [0, 0.05) is 6.07 Å². The van der Waals surface area contributed by atoms with E-state index in [1.807, 2.05) is 48.5 Å². The molecule has 1 heterocycles. The van der Waals surface area contributed by atoms with Crippen molar-refractivity contribution in [2.24, 2.45) is 0 Å². The van der Waals surface area contributed by atoms with Crippen LogP contribution < -0.4 is 20.1 Å². The standard InChI is InChI=1S/C21H21N3O3/c1-26-17-9-10-18(19(13-17)27-2)23-16-8-11-20(22-14-16)24-21(25)12-15-6-4-3-5-7-15/h3-11,13-14,23H,12H2,1-2H3,(H,22,24,25). The Balaban J connectivity index is 1.63. The van der Waals surface area contributed by atoms with Crippen molar-refractivity contribution >= 4 is 23.1 Å². The third-order valence-corrected chi connectivity index (χ3v) is 3.93. The highest BCUT2D eigenvalue weighted by Crippen LogP contribution is 2.31. The lowest BCUT2D eigenvalue weighted by atomic mass is 10.1. The van der Waals surface area contributed by atoms with Crippen LogP contribution in [0.2, 0.25) is 0 Å². The Kier molecular flexibility index (Phi) is 5.89. The highest BCUT2D eigenvalue weighted by molar-refractivity contribution is 5.91. The van der Waals surface area contributed by atoms with Crippen LogP contribution in [0.4, 0.5) is 17.2 Å². The Hall–Kier alpha value is -3.54. The van der Waals surface area contributed by atoms with Gasteiger partial charge in [0.1, 0.15) is 17.3 Å². The lowest BCUT2D eigenvalue weighted by Crippen LogP contribution is -2.15. The number of benzene rings is 2. The minimum atomic E-state index is -0.105. The number of pyridine rings is 1. The monoisotopic (exact) mass is 363 g/mol. The molecule has 0 aliphatic rings. The summed E-state index contributed by atoms with van der Waals surface area (Å²) in [6.45, 7) is 0. The second-order valence-electron chi connectivity index (χ2n) is 5.83. The lowest BCUT2D eigenvalue weighted by Gasteiger charge is -2.12. The zero-order chi connectivity index (χ0) is 19.1. The molecule has 0 bridgehead atoms. The van der Waals surface area contributed by atoms with Gasteiger partial charge in [-0.15, -0.1) is 0 Å². The van der Waals surface area contributed by atoms with Crippen LogP contribution in [0.1, 0.15) is 5.56 Å². The quantitative estimate of drug-likeness (QED) is 0.663. The molecule has 3 rings (SSSR count). The summed E-state index contributed by atoms with van der Waals surface area (Å²) in [4.78, 5) is 16.4. The Morgan fingerprint density at radius 2 is 1.81 bits per heavy atom. The van der Waals surface area contributed by atoms with E-state index in [2.05, 4.69) is 15.6 Å². The van der Waals surface area contributed by atoms with E-state index in [4.69, 9.17) is 9.47 Å².